The molecule has 3 aromatic rings. The van der Waals surface area contributed by atoms with Crippen LogP contribution in [-0.2, 0) is 4.74 Å². The Labute approximate surface area is 143 Å². The van der Waals surface area contributed by atoms with Crippen LogP contribution in [0, 0.1) is 5.82 Å². The lowest BCUT2D eigenvalue weighted by atomic mass is 9.95. The van der Waals surface area contributed by atoms with Gasteiger partial charge in [0.05, 0.1) is 18.8 Å². The third-order valence-electron chi connectivity index (χ3n) is 4.93. The molecule has 25 heavy (non-hydrogen) atoms. The van der Waals surface area contributed by atoms with Crippen molar-refractivity contribution < 1.29 is 13.9 Å². The van der Waals surface area contributed by atoms with Gasteiger partial charge in [-0.3, -0.25) is 4.79 Å². The fourth-order valence-corrected chi connectivity index (χ4v) is 3.79. The molecule has 0 radical (unpaired) electrons. The molecule has 2 aromatic carbocycles. The van der Waals surface area contributed by atoms with Gasteiger partial charge in [0, 0.05) is 52.7 Å². The number of ether oxygens (including phenoxy) is 1. The third kappa shape index (κ3) is 2.07. The Morgan fingerprint density at radius 3 is 2.72 bits per heavy atom. The SMILES string of the molecule is O=C1Nc2ccc(F)c3c(N4CCOCC4)cc(-c4ccc[nH]4)c1c23. The number of hydrogen-bond acceptors (Lipinski definition) is 3. The zero-order valence-electron chi connectivity index (χ0n) is 13.4. The summed E-state index contributed by atoms with van der Waals surface area (Å²) in [5.74, 6) is -0.500. The first-order valence-electron chi connectivity index (χ1n) is 8.31. The van der Waals surface area contributed by atoms with Gasteiger partial charge in [0.1, 0.15) is 5.82 Å². The molecule has 2 N–H and O–H groups in total. The van der Waals surface area contributed by atoms with Crippen LogP contribution in [0.2, 0.25) is 0 Å². The second-order valence-corrected chi connectivity index (χ2v) is 6.30. The number of rotatable bonds is 2. The van der Waals surface area contributed by atoms with Gasteiger partial charge in [0.2, 0.25) is 0 Å². The van der Waals surface area contributed by atoms with Gasteiger partial charge in [-0.2, -0.15) is 0 Å². The van der Waals surface area contributed by atoms with Crippen molar-refractivity contribution in [3.05, 3.63) is 47.9 Å². The average Bonchev–Trinajstić information content (AvgIpc) is 3.28. The number of carbonyl (C=O) groups is 1. The van der Waals surface area contributed by atoms with Gasteiger partial charge in [-0.25, -0.2) is 4.39 Å². The van der Waals surface area contributed by atoms with Crippen LogP contribution >= 0.6 is 0 Å². The number of nitrogens with one attached hydrogen (secondary N) is 2. The van der Waals surface area contributed by atoms with Crippen LogP contribution in [0.1, 0.15) is 10.4 Å². The summed E-state index contributed by atoms with van der Waals surface area (Å²) in [6.45, 7) is 2.62. The van der Waals surface area contributed by atoms with Crippen molar-refractivity contribution >= 4 is 28.1 Å². The van der Waals surface area contributed by atoms with E-state index < -0.39 is 0 Å². The second-order valence-electron chi connectivity index (χ2n) is 6.30. The molecular formula is C19H16FN3O2. The van der Waals surface area contributed by atoms with Crippen molar-refractivity contribution in [3.63, 3.8) is 0 Å². The number of benzene rings is 2. The van der Waals surface area contributed by atoms with E-state index in [9.17, 15) is 9.18 Å². The molecule has 0 atom stereocenters. The third-order valence-corrected chi connectivity index (χ3v) is 4.93. The highest BCUT2D eigenvalue weighted by Crippen LogP contribution is 2.44. The molecule has 5 nitrogen and oxygen atoms in total. The molecule has 0 spiro atoms. The van der Waals surface area contributed by atoms with Gasteiger partial charge >= 0.3 is 0 Å². The van der Waals surface area contributed by atoms with Crippen LogP contribution in [0.4, 0.5) is 15.8 Å². The molecule has 1 amide bonds. The van der Waals surface area contributed by atoms with Gasteiger partial charge in [0.15, 0.2) is 0 Å². The van der Waals surface area contributed by atoms with E-state index in [0.29, 0.717) is 48.3 Å². The molecule has 1 saturated heterocycles. The normalized spacial score (nSPS) is 16.5. The molecule has 126 valence electrons. The number of morpholine rings is 1. The lowest BCUT2D eigenvalue weighted by Crippen LogP contribution is -2.36. The van der Waals surface area contributed by atoms with E-state index in [4.69, 9.17) is 4.74 Å². The van der Waals surface area contributed by atoms with Gasteiger partial charge in [0.25, 0.3) is 5.91 Å². The molecule has 0 saturated carbocycles. The Hall–Kier alpha value is -2.86. The average molecular weight is 337 g/mol. The minimum atomic E-state index is -0.309. The summed E-state index contributed by atoms with van der Waals surface area (Å²) in [4.78, 5) is 17.9. The fourth-order valence-electron chi connectivity index (χ4n) is 3.79. The first-order chi connectivity index (χ1) is 12.2. The molecule has 2 aliphatic rings. The Morgan fingerprint density at radius 1 is 1.12 bits per heavy atom. The van der Waals surface area contributed by atoms with Gasteiger partial charge in [-0.1, -0.05) is 0 Å². The van der Waals surface area contributed by atoms with Crippen LogP contribution in [0.25, 0.3) is 22.0 Å². The lowest BCUT2D eigenvalue weighted by Gasteiger charge is -2.30. The van der Waals surface area contributed by atoms with E-state index in [1.807, 2.05) is 24.4 Å². The smallest absolute Gasteiger partial charge is 0.257 e. The number of hydrogen-bond donors (Lipinski definition) is 2. The highest BCUT2D eigenvalue weighted by atomic mass is 19.1. The van der Waals surface area contributed by atoms with E-state index >= 15 is 0 Å². The summed E-state index contributed by atoms with van der Waals surface area (Å²) >= 11 is 0. The maximum Gasteiger partial charge on any atom is 0.257 e. The maximum absolute atomic E-state index is 14.8. The first-order valence-corrected chi connectivity index (χ1v) is 8.31. The summed E-state index contributed by atoms with van der Waals surface area (Å²) in [6, 6.07) is 8.79. The van der Waals surface area contributed by atoms with Crippen molar-refractivity contribution in [2.24, 2.45) is 0 Å². The van der Waals surface area contributed by atoms with Gasteiger partial charge < -0.3 is 19.9 Å². The monoisotopic (exact) mass is 337 g/mol. The van der Waals surface area contributed by atoms with Crippen molar-refractivity contribution in [3.8, 4) is 11.3 Å². The number of anilines is 2. The lowest BCUT2D eigenvalue weighted by molar-refractivity contribution is 0.103. The molecular weight excluding hydrogens is 321 g/mol. The van der Waals surface area contributed by atoms with Crippen LogP contribution in [0.3, 0.4) is 0 Å². The Morgan fingerprint density at radius 2 is 1.96 bits per heavy atom. The van der Waals surface area contributed by atoms with Crippen molar-refractivity contribution in [1.82, 2.24) is 4.98 Å². The summed E-state index contributed by atoms with van der Waals surface area (Å²) in [5.41, 5.74) is 3.64. The highest BCUT2D eigenvalue weighted by molar-refractivity contribution is 6.28. The van der Waals surface area contributed by atoms with E-state index in [2.05, 4.69) is 15.2 Å². The highest BCUT2D eigenvalue weighted by Gasteiger charge is 2.30. The van der Waals surface area contributed by atoms with Crippen LogP contribution < -0.4 is 10.2 Å². The minimum Gasteiger partial charge on any atom is -0.378 e. The molecule has 0 unspecified atom stereocenters. The minimum absolute atomic E-state index is 0.191. The number of carbonyl (C=O) groups excluding carboxylic acids is 1. The maximum atomic E-state index is 14.8. The molecule has 6 heteroatoms. The quantitative estimate of drug-likeness (QED) is 0.754. The van der Waals surface area contributed by atoms with Crippen LogP contribution in [-0.4, -0.2) is 37.2 Å². The Balaban J connectivity index is 1.87. The van der Waals surface area contributed by atoms with Gasteiger partial charge in [-0.05, 0) is 30.3 Å². The van der Waals surface area contributed by atoms with Crippen LogP contribution in [0.5, 0.6) is 0 Å². The number of nitrogens with zero attached hydrogens (tertiary/aromatic N) is 1. The van der Waals surface area contributed by atoms with Crippen molar-refractivity contribution in [2.45, 2.75) is 0 Å². The standard InChI is InChI=1S/C19H16FN3O2/c20-12-3-4-14-18-16(19(24)22-14)11(13-2-1-5-21-13)10-15(17(12)18)23-6-8-25-9-7-23/h1-5,10,21H,6-9H2,(H,22,24). The number of amides is 1. The second kappa shape index (κ2) is 5.32. The van der Waals surface area contributed by atoms with E-state index in [1.165, 1.54) is 6.07 Å². The predicted octanol–water partition coefficient (Wildman–Crippen LogP) is 3.38. The summed E-state index contributed by atoms with van der Waals surface area (Å²) in [7, 11) is 0. The predicted molar refractivity (Wildman–Crippen MR) is 94.7 cm³/mol. The van der Waals surface area contributed by atoms with E-state index in [1.54, 1.807) is 6.07 Å². The fraction of sp³-hybridized carbons (Fsp3) is 0.211. The molecule has 1 aromatic heterocycles. The van der Waals surface area contributed by atoms with Crippen molar-refractivity contribution in [2.75, 3.05) is 36.5 Å². The van der Waals surface area contributed by atoms with E-state index in [-0.39, 0.29) is 11.7 Å². The van der Waals surface area contributed by atoms with Crippen LogP contribution in [0.15, 0.2) is 36.5 Å². The molecule has 5 rings (SSSR count). The summed E-state index contributed by atoms with van der Waals surface area (Å²) in [6.07, 6.45) is 1.82. The Kier molecular flexibility index (Phi) is 3.08. The van der Waals surface area contributed by atoms with Crippen molar-refractivity contribution in [1.29, 1.82) is 0 Å². The first kappa shape index (κ1) is 14.5. The largest absolute Gasteiger partial charge is 0.378 e. The molecule has 0 aliphatic carbocycles. The molecule has 1 fully saturated rings. The number of aromatic nitrogens is 1. The molecule has 0 bridgehead atoms. The van der Waals surface area contributed by atoms with Gasteiger partial charge in [-0.15, -0.1) is 0 Å². The number of H-pyrrole nitrogens is 1. The van der Waals surface area contributed by atoms with E-state index in [0.717, 1.165) is 16.9 Å². The molecule has 3 heterocycles. The number of halogens is 1. The Bertz CT molecular complexity index is 992. The zero-order chi connectivity index (χ0) is 17.0. The zero-order valence-corrected chi connectivity index (χ0v) is 13.4. The summed E-state index contributed by atoms with van der Waals surface area (Å²) < 4.78 is 20.2. The number of aromatic amines is 1. The topological polar surface area (TPSA) is 57.4 Å². The summed E-state index contributed by atoms with van der Waals surface area (Å²) in [5, 5.41) is 4.04. The molecule has 2 aliphatic heterocycles.